The highest BCUT2D eigenvalue weighted by Crippen LogP contribution is 2.33. The second-order valence-corrected chi connectivity index (χ2v) is 5.66. The molecule has 0 atom stereocenters. The fraction of sp³-hybridized carbons (Fsp3) is 0. The van der Waals surface area contributed by atoms with Gasteiger partial charge in [0.25, 0.3) is 0 Å². The van der Waals surface area contributed by atoms with E-state index < -0.39 is 0 Å². The maximum absolute atomic E-state index is 12.9. The second-order valence-electron chi connectivity index (χ2n) is 5.66. The van der Waals surface area contributed by atoms with E-state index in [9.17, 15) is 9.59 Å². The predicted octanol–water partition coefficient (Wildman–Crippen LogP) is 3.90. The fourth-order valence-electron chi connectivity index (χ4n) is 3.63. The van der Waals surface area contributed by atoms with E-state index in [0.717, 1.165) is 26.9 Å². The third-order valence-electron chi connectivity index (χ3n) is 4.58. The van der Waals surface area contributed by atoms with Crippen LogP contribution in [0.15, 0.2) is 70.3 Å². The molecule has 2 heteroatoms. The topological polar surface area (TPSA) is 34.1 Å². The molecule has 0 amide bonds. The van der Waals surface area contributed by atoms with Crippen molar-refractivity contribution >= 4 is 43.1 Å². The van der Waals surface area contributed by atoms with E-state index in [0.29, 0.717) is 16.2 Å². The van der Waals surface area contributed by atoms with Crippen LogP contribution in [0.25, 0.3) is 43.1 Å². The molecular weight excluding hydrogens is 272 g/mol. The maximum Gasteiger partial charge on any atom is 0.194 e. The van der Waals surface area contributed by atoms with Crippen LogP contribution < -0.4 is 10.9 Å². The van der Waals surface area contributed by atoms with Crippen molar-refractivity contribution in [2.24, 2.45) is 0 Å². The summed E-state index contributed by atoms with van der Waals surface area (Å²) in [5, 5.41) is 6.31. The van der Waals surface area contributed by atoms with Crippen LogP contribution in [0, 0.1) is 0 Å². The minimum absolute atomic E-state index is 0.0113. The van der Waals surface area contributed by atoms with Gasteiger partial charge in [-0.25, -0.2) is 0 Å². The van der Waals surface area contributed by atoms with Crippen LogP contribution in [-0.4, -0.2) is 0 Å². The fourth-order valence-corrected chi connectivity index (χ4v) is 3.63. The maximum atomic E-state index is 12.9. The molecule has 0 unspecified atom stereocenters. The Kier molecular flexibility index (Phi) is 2.01. The number of rotatable bonds is 0. The van der Waals surface area contributed by atoms with Gasteiger partial charge in [-0.05, 0) is 22.2 Å². The predicted molar refractivity (Wildman–Crippen MR) is 91.4 cm³/mol. The van der Waals surface area contributed by atoms with Gasteiger partial charge in [-0.15, -0.1) is 0 Å². The Labute approximate surface area is 124 Å². The first-order valence-corrected chi connectivity index (χ1v) is 7.22. The highest BCUT2D eigenvalue weighted by molar-refractivity contribution is 6.28. The van der Waals surface area contributed by atoms with E-state index >= 15 is 0 Å². The number of hydrogen-bond donors (Lipinski definition) is 0. The summed E-state index contributed by atoms with van der Waals surface area (Å²) in [5.74, 6) is 0. The van der Waals surface area contributed by atoms with Crippen molar-refractivity contribution in [2.45, 2.75) is 0 Å². The molecule has 5 aromatic carbocycles. The summed E-state index contributed by atoms with van der Waals surface area (Å²) in [6.07, 6.45) is 0. The monoisotopic (exact) mass is 282 g/mol. The summed E-state index contributed by atoms with van der Waals surface area (Å²) in [4.78, 5) is 25.4. The lowest BCUT2D eigenvalue weighted by Crippen LogP contribution is -1.96. The molecule has 0 aromatic heterocycles. The van der Waals surface area contributed by atoms with Gasteiger partial charge in [-0.1, -0.05) is 54.6 Å². The molecule has 0 radical (unpaired) electrons. The Morgan fingerprint density at radius 3 is 1.64 bits per heavy atom. The smallest absolute Gasteiger partial charge is 0.194 e. The molecule has 0 aliphatic heterocycles. The van der Waals surface area contributed by atoms with Crippen LogP contribution >= 0.6 is 0 Å². The van der Waals surface area contributed by atoms with E-state index in [-0.39, 0.29) is 10.9 Å². The SMILES string of the molecule is O=c1c2ccccc2c2c1ccc1c3ccccc3c(=O)c12. The minimum Gasteiger partial charge on any atom is -0.289 e. The molecular formula is C20H10O2. The molecule has 0 fully saturated rings. The molecule has 2 nitrogen and oxygen atoms in total. The lowest BCUT2D eigenvalue weighted by atomic mass is 10.1. The molecule has 5 aromatic rings. The van der Waals surface area contributed by atoms with Crippen molar-refractivity contribution in [2.75, 3.05) is 0 Å². The zero-order valence-corrected chi connectivity index (χ0v) is 11.6. The number of fused-ring (bicyclic) bond motifs is 7. The Morgan fingerprint density at radius 2 is 0.909 bits per heavy atom. The molecule has 0 aliphatic rings. The Hall–Kier alpha value is -3.00. The molecule has 22 heavy (non-hydrogen) atoms. The first-order chi connectivity index (χ1) is 10.8. The van der Waals surface area contributed by atoms with Crippen molar-refractivity contribution in [3.8, 4) is 0 Å². The summed E-state index contributed by atoms with van der Waals surface area (Å²) >= 11 is 0. The first-order valence-electron chi connectivity index (χ1n) is 7.22. The van der Waals surface area contributed by atoms with Crippen LogP contribution in [0.3, 0.4) is 0 Å². The largest absolute Gasteiger partial charge is 0.289 e. The van der Waals surface area contributed by atoms with Gasteiger partial charge in [0, 0.05) is 26.9 Å². The van der Waals surface area contributed by atoms with Gasteiger partial charge < -0.3 is 0 Å². The van der Waals surface area contributed by atoms with E-state index in [1.165, 1.54) is 0 Å². The van der Waals surface area contributed by atoms with Crippen molar-refractivity contribution in [1.82, 2.24) is 0 Å². The van der Waals surface area contributed by atoms with Crippen LogP contribution in [0.5, 0.6) is 0 Å². The normalized spacial score (nSPS) is 12.0. The zero-order valence-electron chi connectivity index (χ0n) is 11.6. The lowest BCUT2D eigenvalue weighted by Gasteiger charge is -1.95. The van der Waals surface area contributed by atoms with Gasteiger partial charge in [0.1, 0.15) is 0 Å². The average Bonchev–Trinajstić information content (AvgIpc) is 3.02. The highest BCUT2D eigenvalue weighted by Gasteiger charge is 2.17. The van der Waals surface area contributed by atoms with Gasteiger partial charge in [0.15, 0.2) is 10.9 Å². The van der Waals surface area contributed by atoms with Crippen molar-refractivity contribution in [1.29, 1.82) is 0 Å². The lowest BCUT2D eigenvalue weighted by molar-refractivity contribution is 1.80. The first kappa shape index (κ1) is 11.6. The van der Waals surface area contributed by atoms with Gasteiger partial charge in [-0.2, -0.15) is 0 Å². The summed E-state index contributed by atoms with van der Waals surface area (Å²) in [6, 6.07) is 18.9. The minimum atomic E-state index is 0.0113. The third-order valence-corrected chi connectivity index (χ3v) is 4.58. The van der Waals surface area contributed by atoms with E-state index in [4.69, 9.17) is 0 Å². The second kappa shape index (κ2) is 3.80. The molecule has 5 rings (SSSR count). The molecule has 0 heterocycles. The average molecular weight is 282 g/mol. The molecule has 0 saturated carbocycles. The summed E-state index contributed by atoms with van der Waals surface area (Å²) in [5.41, 5.74) is 0.0316. The quantitative estimate of drug-likeness (QED) is 0.432. The highest BCUT2D eigenvalue weighted by atomic mass is 16.1. The third kappa shape index (κ3) is 1.21. The number of hydrogen-bond acceptors (Lipinski definition) is 2. The summed E-state index contributed by atoms with van der Waals surface area (Å²) in [7, 11) is 0. The number of benzene rings is 3. The molecule has 0 spiro atoms. The Balaban J connectivity index is 2.26. The van der Waals surface area contributed by atoms with E-state index in [1.807, 2.05) is 60.7 Å². The molecule has 0 aliphatic carbocycles. The molecule has 0 saturated heterocycles. The van der Waals surface area contributed by atoms with Crippen LogP contribution in [0.1, 0.15) is 0 Å². The molecule has 0 N–H and O–H groups in total. The van der Waals surface area contributed by atoms with Crippen molar-refractivity contribution < 1.29 is 0 Å². The van der Waals surface area contributed by atoms with E-state index in [2.05, 4.69) is 0 Å². The van der Waals surface area contributed by atoms with Gasteiger partial charge in [-0.3, -0.25) is 9.59 Å². The summed E-state index contributed by atoms with van der Waals surface area (Å²) in [6.45, 7) is 0. The molecule has 0 bridgehead atoms. The van der Waals surface area contributed by atoms with Crippen molar-refractivity contribution in [3.63, 3.8) is 0 Å². The van der Waals surface area contributed by atoms with Crippen LogP contribution in [0.2, 0.25) is 0 Å². The standard InChI is InChI=1S/C20H10O2/c21-19-15-8-4-2-6-12(15)17-16(19)10-9-13-11-5-1-3-7-14(11)20(22)18(13)17/h1-10H. The van der Waals surface area contributed by atoms with E-state index in [1.54, 1.807) is 0 Å². The van der Waals surface area contributed by atoms with Gasteiger partial charge in [0.05, 0.1) is 0 Å². The van der Waals surface area contributed by atoms with Gasteiger partial charge in [0.2, 0.25) is 0 Å². The van der Waals surface area contributed by atoms with Crippen LogP contribution in [-0.2, 0) is 0 Å². The Morgan fingerprint density at radius 1 is 0.409 bits per heavy atom. The van der Waals surface area contributed by atoms with Gasteiger partial charge >= 0.3 is 0 Å². The Bertz CT molecular complexity index is 1300. The summed E-state index contributed by atoms with van der Waals surface area (Å²) < 4.78 is 0. The molecule has 102 valence electrons. The van der Waals surface area contributed by atoms with Crippen LogP contribution in [0.4, 0.5) is 0 Å². The zero-order chi connectivity index (χ0) is 14.8. The van der Waals surface area contributed by atoms with Crippen molar-refractivity contribution in [3.05, 3.63) is 81.1 Å².